The number of aliphatic hydroxyl groups is 1. The Morgan fingerprint density at radius 2 is 1.43 bits per heavy atom. The van der Waals surface area contributed by atoms with E-state index in [2.05, 4.69) is 5.32 Å². The van der Waals surface area contributed by atoms with Crippen molar-refractivity contribution in [2.75, 3.05) is 27.3 Å². The van der Waals surface area contributed by atoms with Gasteiger partial charge in [-0.05, 0) is 80.0 Å². The number of ether oxygens (including phenoxy) is 2. The van der Waals surface area contributed by atoms with Crippen LogP contribution in [0, 0.1) is 0 Å². The summed E-state index contributed by atoms with van der Waals surface area (Å²) >= 11 is 1.58. The molecule has 1 saturated heterocycles. The minimum Gasteiger partial charge on any atom is -0.497 e. The highest BCUT2D eigenvalue weighted by Crippen LogP contribution is 2.43. The molecular weight excluding hydrogens is 372 g/mol. The van der Waals surface area contributed by atoms with Gasteiger partial charge in [0.25, 0.3) is 0 Å². The van der Waals surface area contributed by atoms with E-state index < -0.39 is 5.60 Å². The van der Waals surface area contributed by atoms with Gasteiger partial charge in [0, 0.05) is 5.56 Å². The van der Waals surface area contributed by atoms with Crippen LogP contribution in [0.15, 0.2) is 48.5 Å². The van der Waals surface area contributed by atoms with E-state index in [0.717, 1.165) is 51.3 Å². The van der Waals surface area contributed by atoms with Crippen LogP contribution in [0.2, 0.25) is 0 Å². The molecule has 1 aliphatic heterocycles. The first-order valence-corrected chi connectivity index (χ1v) is 10.2. The maximum Gasteiger partial charge on any atom is 0.126 e. The minimum atomic E-state index is -0.873. The molecule has 0 saturated carbocycles. The number of methoxy groups -OCH3 is 2. The first kappa shape index (κ1) is 18.9. The SMILES string of the molecule is COc1ccc(-c2nc(C3(O)CCNCC3)sc2-c2ccc(OC)cc2)cc1. The molecule has 0 atom stereocenters. The fraction of sp³-hybridized carbons (Fsp3) is 0.318. The lowest BCUT2D eigenvalue weighted by Gasteiger charge is -2.30. The van der Waals surface area contributed by atoms with Crippen LogP contribution in [0.3, 0.4) is 0 Å². The summed E-state index contributed by atoms with van der Waals surface area (Å²) in [6.45, 7) is 1.59. The number of hydrogen-bond donors (Lipinski definition) is 2. The van der Waals surface area contributed by atoms with Crippen molar-refractivity contribution in [1.29, 1.82) is 0 Å². The Morgan fingerprint density at radius 1 is 0.893 bits per heavy atom. The topological polar surface area (TPSA) is 63.6 Å². The van der Waals surface area contributed by atoms with Crippen LogP contribution in [-0.2, 0) is 5.60 Å². The van der Waals surface area contributed by atoms with Gasteiger partial charge in [-0.1, -0.05) is 0 Å². The van der Waals surface area contributed by atoms with Gasteiger partial charge in [-0.25, -0.2) is 4.98 Å². The number of piperidine rings is 1. The lowest BCUT2D eigenvalue weighted by molar-refractivity contribution is 0.00582. The van der Waals surface area contributed by atoms with Crippen LogP contribution < -0.4 is 14.8 Å². The van der Waals surface area contributed by atoms with Crippen LogP contribution in [0.4, 0.5) is 0 Å². The second-order valence-corrected chi connectivity index (χ2v) is 7.93. The van der Waals surface area contributed by atoms with Gasteiger partial charge in [0.05, 0.1) is 24.8 Å². The molecule has 0 spiro atoms. The zero-order valence-corrected chi connectivity index (χ0v) is 16.9. The van der Waals surface area contributed by atoms with Gasteiger partial charge < -0.3 is 19.9 Å². The average Bonchev–Trinajstić information content (AvgIpc) is 3.21. The van der Waals surface area contributed by atoms with E-state index in [1.165, 1.54) is 0 Å². The fourth-order valence-electron chi connectivity index (χ4n) is 3.46. The Balaban J connectivity index is 1.81. The summed E-state index contributed by atoms with van der Waals surface area (Å²) in [7, 11) is 3.32. The molecule has 5 nitrogen and oxygen atoms in total. The van der Waals surface area contributed by atoms with Crippen LogP contribution >= 0.6 is 11.3 Å². The molecule has 1 aromatic heterocycles. The molecule has 0 bridgehead atoms. The van der Waals surface area contributed by atoms with Crippen molar-refractivity contribution in [3.63, 3.8) is 0 Å². The van der Waals surface area contributed by atoms with Crippen molar-refractivity contribution in [3.05, 3.63) is 53.5 Å². The maximum atomic E-state index is 11.2. The standard InChI is InChI=1S/C22H24N2O3S/c1-26-17-7-3-15(4-8-17)19-20(16-5-9-18(27-2)10-6-16)28-21(24-19)22(25)11-13-23-14-12-22/h3-10,23,25H,11-14H2,1-2H3. The Kier molecular flexibility index (Phi) is 5.35. The van der Waals surface area contributed by atoms with Gasteiger partial charge in [0.2, 0.25) is 0 Å². The number of hydrogen-bond acceptors (Lipinski definition) is 6. The lowest BCUT2D eigenvalue weighted by Crippen LogP contribution is -2.39. The van der Waals surface area contributed by atoms with E-state index in [-0.39, 0.29) is 0 Å². The molecule has 0 unspecified atom stereocenters. The summed E-state index contributed by atoms with van der Waals surface area (Å²) < 4.78 is 10.6. The summed E-state index contributed by atoms with van der Waals surface area (Å²) in [5.41, 5.74) is 2.08. The van der Waals surface area contributed by atoms with Crippen LogP contribution in [-0.4, -0.2) is 37.4 Å². The molecule has 2 N–H and O–H groups in total. The molecule has 2 heterocycles. The van der Waals surface area contributed by atoms with E-state index in [4.69, 9.17) is 14.5 Å². The molecule has 2 aromatic carbocycles. The summed E-state index contributed by atoms with van der Waals surface area (Å²) in [5, 5.41) is 15.3. The first-order valence-electron chi connectivity index (χ1n) is 9.36. The second-order valence-electron chi connectivity index (χ2n) is 6.94. The van der Waals surface area contributed by atoms with Gasteiger partial charge in [-0.2, -0.15) is 0 Å². The summed E-state index contributed by atoms with van der Waals surface area (Å²) in [6, 6.07) is 15.9. The highest BCUT2D eigenvalue weighted by Gasteiger charge is 2.35. The quantitative estimate of drug-likeness (QED) is 0.681. The molecule has 4 rings (SSSR count). The van der Waals surface area contributed by atoms with E-state index >= 15 is 0 Å². The fourth-order valence-corrected chi connectivity index (χ4v) is 4.69. The van der Waals surface area contributed by atoms with E-state index in [1.807, 2.05) is 48.5 Å². The monoisotopic (exact) mass is 396 g/mol. The van der Waals surface area contributed by atoms with Gasteiger partial charge in [-0.3, -0.25) is 0 Å². The van der Waals surface area contributed by atoms with E-state index in [1.54, 1.807) is 25.6 Å². The predicted octanol–water partition coefficient (Wildman–Crippen LogP) is 4.07. The molecule has 0 radical (unpaired) electrons. The maximum absolute atomic E-state index is 11.2. The molecule has 28 heavy (non-hydrogen) atoms. The van der Waals surface area contributed by atoms with Gasteiger partial charge in [-0.15, -0.1) is 11.3 Å². The van der Waals surface area contributed by atoms with Crippen LogP contribution in [0.25, 0.3) is 21.7 Å². The van der Waals surface area contributed by atoms with Gasteiger partial charge >= 0.3 is 0 Å². The summed E-state index contributed by atoms with van der Waals surface area (Å²) in [4.78, 5) is 5.97. The predicted molar refractivity (Wildman–Crippen MR) is 112 cm³/mol. The van der Waals surface area contributed by atoms with Crippen molar-refractivity contribution < 1.29 is 14.6 Å². The lowest BCUT2D eigenvalue weighted by atomic mass is 9.93. The number of rotatable bonds is 5. The molecule has 0 amide bonds. The average molecular weight is 397 g/mol. The normalized spacial score (nSPS) is 16.0. The molecular formula is C22H24N2O3S. The minimum absolute atomic E-state index is 0.671. The van der Waals surface area contributed by atoms with Gasteiger partial charge in [0.15, 0.2) is 0 Å². The Bertz CT molecular complexity index is 864. The van der Waals surface area contributed by atoms with Crippen molar-refractivity contribution in [2.24, 2.45) is 0 Å². The number of benzene rings is 2. The second kappa shape index (κ2) is 7.91. The van der Waals surface area contributed by atoms with Crippen LogP contribution in [0.1, 0.15) is 17.8 Å². The third kappa shape index (κ3) is 3.63. The number of nitrogens with one attached hydrogen (secondary N) is 1. The zero-order chi connectivity index (χ0) is 19.6. The Morgan fingerprint density at radius 3 is 1.96 bits per heavy atom. The molecule has 1 fully saturated rings. The Hall–Kier alpha value is -2.41. The molecule has 146 valence electrons. The van der Waals surface area contributed by atoms with Gasteiger partial charge in [0.1, 0.15) is 22.1 Å². The number of nitrogens with zero attached hydrogens (tertiary/aromatic N) is 1. The van der Waals surface area contributed by atoms with Crippen LogP contribution in [0.5, 0.6) is 11.5 Å². The summed E-state index contributed by atoms with van der Waals surface area (Å²) in [6.07, 6.45) is 1.34. The highest BCUT2D eigenvalue weighted by molar-refractivity contribution is 7.15. The summed E-state index contributed by atoms with van der Waals surface area (Å²) in [5.74, 6) is 1.62. The zero-order valence-electron chi connectivity index (χ0n) is 16.1. The Labute approximate surface area is 169 Å². The number of thiazole rings is 1. The highest BCUT2D eigenvalue weighted by atomic mass is 32.1. The van der Waals surface area contributed by atoms with Crippen molar-refractivity contribution in [2.45, 2.75) is 18.4 Å². The van der Waals surface area contributed by atoms with Crippen molar-refractivity contribution >= 4 is 11.3 Å². The van der Waals surface area contributed by atoms with E-state index in [9.17, 15) is 5.11 Å². The molecule has 1 aliphatic rings. The smallest absolute Gasteiger partial charge is 0.126 e. The van der Waals surface area contributed by atoms with Crippen molar-refractivity contribution in [1.82, 2.24) is 10.3 Å². The molecule has 3 aromatic rings. The van der Waals surface area contributed by atoms with E-state index in [0.29, 0.717) is 12.8 Å². The first-order chi connectivity index (χ1) is 13.6. The third-order valence-electron chi connectivity index (χ3n) is 5.17. The third-order valence-corrected chi connectivity index (χ3v) is 6.47. The largest absolute Gasteiger partial charge is 0.497 e. The number of aromatic nitrogens is 1. The molecule has 6 heteroatoms. The molecule has 0 aliphatic carbocycles. The van der Waals surface area contributed by atoms with Crippen molar-refractivity contribution in [3.8, 4) is 33.2 Å².